The molecule has 2 amide bonds. The van der Waals surface area contributed by atoms with E-state index in [4.69, 9.17) is 0 Å². The van der Waals surface area contributed by atoms with Gasteiger partial charge in [-0.15, -0.1) is 0 Å². The summed E-state index contributed by atoms with van der Waals surface area (Å²) < 4.78 is 27.4. The van der Waals surface area contributed by atoms with Gasteiger partial charge < -0.3 is 0 Å². The fraction of sp³-hybridized carbons (Fsp3) is 0.182. The predicted octanol–water partition coefficient (Wildman–Crippen LogP) is 3.42. The summed E-state index contributed by atoms with van der Waals surface area (Å²) in [6.07, 6.45) is 1.07. The Morgan fingerprint density at radius 1 is 0.724 bits per heavy atom. The molecule has 0 aliphatic carbocycles. The van der Waals surface area contributed by atoms with Gasteiger partial charge in [0.25, 0.3) is 21.8 Å². The molecule has 2 aliphatic heterocycles. The Hall–Kier alpha value is -3.19. The number of benzene rings is 3. The third-order valence-electron chi connectivity index (χ3n) is 5.55. The van der Waals surface area contributed by atoms with Crippen LogP contribution < -0.4 is 4.31 Å². The molecule has 29 heavy (non-hydrogen) atoms. The summed E-state index contributed by atoms with van der Waals surface area (Å²) >= 11 is 0. The number of hydrogen-bond donors (Lipinski definition) is 0. The first-order chi connectivity index (χ1) is 14.0. The van der Waals surface area contributed by atoms with Crippen molar-refractivity contribution in [2.75, 3.05) is 17.4 Å². The zero-order chi connectivity index (χ0) is 20.2. The smallest absolute Gasteiger partial charge is 0.265 e. The van der Waals surface area contributed by atoms with E-state index >= 15 is 0 Å². The number of nitrogens with zero attached hydrogens (tertiary/aromatic N) is 2. The van der Waals surface area contributed by atoms with Crippen LogP contribution in [0.4, 0.5) is 5.69 Å². The number of amides is 2. The molecule has 2 heterocycles. The highest BCUT2D eigenvalue weighted by molar-refractivity contribution is 7.93. The van der Waals surface area contributed by atoms with Gasteiger partial charge in [-0.1, -0.05) is 36.4 Å². The lowest BCUT2D eigenvalue weighted by Gasteiger charge is -2.19. The molecular weight excluding hydrogens is 388 g/mol. The number of anilines is 1. The summed E-state index contributed by atoms with van der Waals surface area (Å²) in [6.45, 7) is 0.580. The average molecular weight is 406 g/mol. The van der Waals surface area contributed by atoms with Gasteiger partial charge in [-0.2, -0.15) is 0 Å². The topological polar surface area (TPSA) is 74.8 Å². The van der Waals surface area contributed by atoms with E-state index in [1.165, 1.54) is 9.21 Å². The van der Waals surface area contributed by atoms with Crippen molar-refractivity contribution in [1.82, 2.24) is 4.90 Å². The SMILES string of the molecule is O=C1c2ccccc2C(=O)N1CCCCN1c2cccc3cccc(c23)S1(=O)=O. The Kier molecular flexibility index (Phi) is 3.96. The fourth-order valence-corrected chi connectivity index (χ4v) is 5.92. The zero-order valence-electron chi connectivity index (χ0n) is 15.5. The molecule has 0 spiro atoms. The molecule has 3 aromatic carbocycles. The molecule has 5 rings (SSSR count). The van der Waals surface area contributed by atoms with Crippen LogP contribution >= 0.6 is 0 Å². The lowest BCUT2D eigenvalue weighted by Crippen LogP contribution is -2.32. The molecule has 0 atom stereocenters. The number of hydrogen-bond acceptors (Lipinski definition) is 4. The van der Waals surface area contributed by atoms with Crippen LogP contribution in [0.25, 0.3) is 10.8 Å². The second-order valence-electron chi connectivity index (χ2n) is 7.22. The van der Waals surface area contributed by atoms with E-state index < -0.39 is 10.0 Å². The summed E-state index contributed by atoms with van der Waals surface area (Å²) in [6, 6.07) is 17.7. The Bertz CT molecular complexity index is 1240. The molecule has 0 saturated carbocycles. The van der Waals surface area contributed by atoms with Crippen LogP contribution in [-0.4, -0.2) is 38.2 Å². The van der Waals surface area contributed by atoms with Gasteiger partial charge in [0.05, 0.1) is 21.7 Å². The highest BCUT2D eigenvalue weighted by Crippen LogP contribution is 2.42. The maximum absolute atomic E-state index is 13.0. The van der Waals surface area contributed by atoms with Crippen molar-refractivity contribution >= 4 is 38.3 Å². The molecule has 0 radical (unpaired) electrons. The number of imide groups is 1. The number of fused-ring (bicyclic) bond motifs is 1. The van der Waals surface area contributed by atoms with Gasteiger partial charge >= 0.3 is 0 Å². The first kappa shape index (κ1) is 17.9. The minimum Gasteiger partial charge on any atom is -0.274 e. The number of sulfonamides is 1. The van der Waals surface area contributed by atoms with E-state index in [2.05, 4.69) is 0 Å². The van der Waals surface area contributed by atoms with Crippen LogP contribution in [0, 0.1) is 0 Å². The standard InChI is InChI=1S/C22H18N2O4S/c25-21-16-9-1-2-10-17(16)22(26)23(21)13-3-4-14-24-18-11-5-7-15-8-6-12-19(20(15)18)29(24,27)28/h1-2,5-12H,3-4,13-14H2. The van der Waals surface area contributed by atoms with Crippen LogP contribution in [0.15, 0.2) is 65.6 Å². The lowest BCUT2D eigenvalue weighted by atomic mass is 10.1. The predicted molar refractivity (Wildman–Crippen MR) is 110 cm³/mol. The highest BCUT2D eigenvalue weighted by Gasteiger charge is 2.36. The molecule has 0 unspecified atom stereocenters. The van der Waals surface area contributed by atoms with Crippen LogP contribution in [0.5, 0.6) is 0 Å². The van der Waals surface area contributed by atoms with Crippen LogP contribution in [0.2, 0.25) is 0 Å². The van der Waals surface area contributed by atoms with E-state index in [-0.39, 0.29) is 18.4 Å². The van der Waals surface area contributed by atoms with Gasteiger partial charge in [0, 0.05) is 18.5 Å². The first-order valence-corrected chi connectivity index (χ1v) is 10.9. The van der Waals surface area contributed by atoms with E-state index in [1.807, 2.05) is 24.3 Å². The van der Waals surface area contributed by atoms with Crippen LogP contribution in [-0.2, 0) is 10.0 Å². The molecule has 6 nitrogen and oxygen atoms in total. The minimum atomic E-state index is -3.58. The van der Waals surface area contributed by atoms with Gasteiger partial charge in [0.1, 0.15) is 0 Å². The maximum atomic E-state index is 13.0. The zero-order valence-corrected chi connectivity index (χ0v) is 16.4. The maximum Gasteiger partial charge on any atom is 0.265 e. The van der Waals surface area contributed by atoms with Gasteiger partial charge in [0.15, 0.2) is 0 Å². The number of rotatable bonds is 5. The molecule has 0 N–H and O–H groups in total. The largest absolute Gasteiger partial charge is 0.274 e. The summed E-state index contributed by atoms with van der Waals surface area (Å²) in [5.41, 5.74) is 1.56. The van der Waals surface area contributed by atoms with E-state index in [9.17, 15) is 18.0 Å². The molecule has 0 aromatic heterocycles. The second-order valence-corrected chi connectivity index (χ2v) is 9.05. The summed E-state index contributed by atoms with van der Waals surface area (Å²) in [5.74, 6) is -0.562. The molecule has 146 valence electrons. The fourth-order valence-electron chi connectivity index (χ4n) is 4.17. The Morgan fingerprint density at radius 2 is 1.34 bits per heavy atom. The van der Waals surface area contributed by atoms with Crippen molar-refractivity contribution < 1.29 is 18.0 Å². The van der Waals surface area contributed by atoms with Gasteiger partial charge in [-0.3, -0.25) is 18.8 Å². The van der Waals surface area contributed by atoms with Crippen molar-refractivity contribution in [3.8, 4) is 0 Å². The molecule has 0 fully saturated rings. The van der Waals surface area contributed by atoms with Crippen molar-refractivity contribution in [2.24, 2.45) is 0 Å². The average Bonchev–Trinajstić information content (AvgIpc) is 3.10. The quantitative estimate of drug-likeness (QED) is 0.481. The van der Waals surface area contributed by atoms with Crippen molar-refractivity contribution in [1.29, 1.82) is 0 Å². The lowest BCUT2D eigenvalue weighted by molar-refractivity contribution is 0.0652. The van der Waals surface area contributed by atoms with Crippen molar-refractivity contribution in [3.63, 3.8) is 0 Å². The molecular formula is C22H18N2O4S. The monoisotopic (exact) mass is 406 g/mol. The van der Waals surface area contributed by atoms with E-state index in [0.717, 1.165) is 10.8 Å². The van der Waals surface area contributed by atoms with E-state index in [0.29, 0.717) is 41.1 Å². The second kappa shape index (κ2) is 6.42. The summed E-state index contributed by atoms with van der Waals surface area (Å²) in [4.78, 5) is 26.5. The normalized spacial score (nSPS) is 16.7. The first-order valence-electron chi connectivity index (χ1n) is 9.50. The molecule has 3 aromatic rings. The van der Waals surface area contributed by atoms with Crippen LogP contribution in [0.1, 0.15) is 33.6 Å². The van der Waals surface area contributed by atoms with Crippen molar-refractivity contribution in [2.45, 2.75) is 17.7 Å². The van der Waals surface area contributed by atoms with Gasteiger partial charge in [-0.25, -0.2) is 8.42 Å². The van der Waals surface area contributed by atoms with Crippen molar-refractivity contribution in [3.05, 3.63) is 71.8 Å². The van der Waals surface area contributed by atoms with Gasteiger partial charge in [0.2, 0.25) is 0 Å². The molecule has 7 heteroatoms. The molecule has 0 saturated heterocycles. The summed E-state index contributed by atoms with van der Waals surface area (Å²) in [5, 5.41) is 1.66. The Labute approximate surface area is 168 Å². The van der Waals surface area contributed by atoms with E-state index in [1.54, 1.807) is 36.4 Å². The third kappa shape index (κ3) is 2.57. The Morgan fingerprint density at radius 3 is 2.03 bits per heavy atom. The summed E-state index contributed by atoms with van der Waals surface area (Å²) in [7, 11) is -3.58. The number of unbranched alkanes of at least 4 members (excludes halogenated alkanes) is 1. The van der Waals surface area contributed by atoms with Gasteiger partial charge in [-0.05, 0) is 42.5 Å². The highest BCUT2D eigenvalue weighted by atomic mass is 32.2. The molecule has 0 bridgehead atoms. The third-order valence-corrected chi connectivity index (χ3v) is 7.41. The minimum absolute atomic E-state index is 0.275. The number of carbonyl (C=O) groups excluding carboxylic acids is 2. The molecule has 2 aliphatic rings. The van der Waals surface area contributed by atoms with Crippen LogP contribution in [0.3, 0.4) is 0 Å². The number of carbonyl (C=O) groups is 2. The Balaban J connectivity index is 1.30.